The normalized spacial score (nSPS) is 9.86. The first-order chi connectivity index (χ1) is 6.20. The second-order valence-electron chi connectivity index (χ2n) is 2.94. The molecule has 0 atom stereocenters. The van der Waals surface area contributed by atoms with Crippen LogP contribution < -0.4 is 27.1 Å². The predicted molar refractivity (Wildman–Crippen MR) is 47.4 cm³/mol. The van der Waals surface area contributed by atoms with Gasteiger partial charge in [-0.1, -0.05) is 0 Å². The molecule has 0 saturated heterocycles. The Kier molecular flexibility index (Phi) is 3.00. The minimum atomic E-state index is -0.0203. The molecule has 0 bridgehead atoms. The van der Waals surface area contributed by atoms with Crippen molar-refractivity contribution in [2.45, 2.75) is 6.92 Å². The number of aryl methyl sites for hydroxylation is 1. The zero-order valence-corrected chi connectivity index (χ0v) is 9.52. The van der Waals surface area contributed by atoms with E-state index in [4.69, 9.17) is 0 Å². The molecule has 2 heterocycles. The van der Waals surface area contributed by atoms with E-state index in [1.807, 2.05) is 12.1 Å². The number of hydrogen-bond donors (Lipinski definition) is 0. The Labute approximate surface area is 91.6 Å². The van der Waals surface area contributed by atoms with E-state index in [1.54, 1.807) is 30.8 Å². The van der Waals surface area contributed by atoms with Crippen LogP contribution in [0, 0.1) is 6.92 Å². The van der Waals surface area contributed by atoms with Crippen LogP contribution >= 0.6 is 0 Å². The molecule has 14 heavy (non-hydrogen) atoms. The highest BCUT2D eigenvalue weighted by Crippen LogP contribution is 1.88. The van der Waals surface area contributed by atoms with Gasteiger partial charge < -0.3 is 17.0 Å². The van der Waals surface area contributed by atoms with Gasteiger partial charge in [0, 0.05) is 31.2 Å². The summed E-state index contributed by atoms with van der Waals surface area (Å²) in [5.74, 6) is 0.703. The summed E-state index contributed by atoms with van der Waals surface area (Å²) in [4.78, 5) is 11.7. The molecule has 2 rings (SSSR count). The molecule has 0 aromatic carbocycles. The van der Waals surface area contributed by atoms with Crippen molar-refractivity contribution >= 4 is 5.52 Å². The lowest BCUT2D eigenvalue weighted by Crippen LogP contribution is -3.00. The third-order valence-electron chi connectivity index (χ3n) is 2.10. The highest BCUT2D eigenvalue weighted by Gasteiger charge is 2.10. The van der Waals surface area contributed by atoms with Crippen molar-refractivity contribution in [1.82, 2.24) is 9.67 Å². The Morgan fingerprint density at radius 3 is 2.86 bits per heavy atom. The van der Waals surface area contributed by atoms with Crippen LogP contribution in [-0.2, 0) is 7.05 Å². The molecule has 5 heteroatoms. The Bertz CT molecular complexity index is 521. The predicted octanol–water partition coefficient (Wildman–Crippen LogP) is -3.17. The van der Waals surface area contributed by atoms with Gasteiger partial charge in [-0.15, -0.1) is 0 Å². The van der Waals surface area contributed by atoms with E-state index in [0.717, 1.165) is 0 Å². The molecule has 0 fully saturated rings. The Hall–Kier alpha value is -1.23. The summed E-state index contributed by atoms with van der Waals surface area (Å²) in [5.41, 5.74) is 0.573. The maximum absolute atomic E-state index is 11.7. The molecule has 0 saturated carbocycles. The number of hydrogen-bond acceptors (Lipinski definition) is 2. The van der Waals surface area contributed by atoms with E-state index in [-0.39, 0.29) is 22.5 Å². The summed E-state index contributed by atoms with van der Waals surface area (Å²) in [6.07, 6.45) is 1.77. The number of rotatable bonds is 0. The van der Waals surface area contributed by atoms with Crippen LogP contribution in [0.1, 0.15) is 5.82 Å². The van der Waals surface area contributed by atoms with Gasteiger partial charge in [-0.05, 0) is 10.6 Å². The monoisotopic (exact) mass is 255 g/mol. The maximum Gasteiger partial charge on any atom is 0.326 e. The Morgan fingerprint density at radius 1 is 1.43 bits per heavy atom. The Balaban J connectivity index is 0.000000980. The summed E-state index contributed by atoms with van der Waals surface area (Å²) >= 11 is 0. The zero-order valence-electron chi connectivity index (χ0n) is 7.94. The van der Waals surface area contributed by atoms with Gasteiger partial charge in [0.05, 0.1) is 0 Å². The number of pyridine rings is 1. The summed E-state index contributed by atoms with van der Waals surface area (Å²) in [6, 6.07) is 5.43. The van der Waals surface area contributed by atoms with Crippen LogP contribution in [0.5, 0.6) is 0 Å². The first-order valence-electron chi connectivity index (χ1n) is 4.04. The molecule has 0 aliphatic heterocycles. The lowest BCUT2D eigenvalue weighted by Gasteiger charge is -1.97. The molecule has 0 radical (unpaired) electrons. The van der Waals surface area contributed by atoms with Gasteiger partial charge in [-0.2, -0.15) is 0 Å². The lowest BCUT2D eigenvalue weighted by molar-refractivity contribution is -0.583. The highest BCUT2D eigenvalue weighted by molar-refractivity contribution is 5.34. The average Bonchev–Trinajstić information content (AvgIpc) is 2.15. The van der Waals surface area contributed by atoms with Crippen molar-refractivity contribution in [3.8, 4) is 0 Å². The SMILES string of the molecule is Cc1n[n+]2ccccc2c(=O)n1C.[Br-]. The summed E-state index contributed by atoms with van der Waals surface area (Å²) in [7, 11) is 1.72. The molecule has 0 N–H and O–H groups in total. The molecule has 0 unspecified atom stereocenters. The van der Waals surface area contributed by atoms with Crippen LogP contribution in [0.25, 0.3) is 5.52 Å². The van der Waals surface area contributed by atoms with E-state index in [1.165, 1.54) is 4.57 Å². The number of nitrogens with zero attached hydrogens (tertiary/aromatic N) is 3. The van der Waals surface area contributed by atoms with Gasteiger partial charge in [-0.3, -0.25) is 9.36 Å². The third-order valence-corrected chi connectivity index (χ3v) is 2.10. The second kappa shape index (κ2) is 3.88. The van der Waals surface area contributed by atoms with Gasteiger partial charge in [0.25, 0.3) is 0 Å². The molecular formula is C9H10BrN3O. The molecule has 0 aliphatic carbocycles. The minimum absolute atomic E-state index is 0. The first kappa shape index (κ1) is 10.8. The van der Waals surface area contributed by atoms with E-state index in [0.29, 0.717) is 11.3 Å². The first-order valence-corrected chi connectivity index (χ1v) is 4.04. The van der Waals surface area contributed by atoms with Gasteiger partial charge in [0.15, 0.2) is 5.82 Å². The molecule has 74 valence electrons. The average molecular weight is 256 g/mol. The topological polar surface area (TPSA) is 39.0 Å². The van der Waals surface area contributed by atoms with E-state index < -0.39 is 0 Å². The van der Waals surface area contributed by atoms with Crippen molar-refractivity contribution in [3.63, 3.8) is 0 Å². The van der Waals surface area contributed by atoms with Crippen LogP contribution in [0.4, 0.5) is 0 Å². The molecule has 2 aromatic rings. The molecule has 2 aromatic heterocycles. The minimum Gasteiger partial charge on any atom is -1.00 e. The largest absolute Gasteiger partial charge is 1.00 e. The fourth-order valence-electron chi connectivity index (χ4n) is 1.23. The van der Waals surface area contributed by atoms with Gasteiger partial charge in [-0.25, -0.2) is 0 Å². The van der Waals surface area contributed by atoms with Gasteiger partial charge in [0.2, 0.25) is 6.20 Å². The lowest BCUT2D eigenvalue weighted by atomic mass is 10.4. The molecule has 0 spiro atoms. The Morgan fingerprint density at radius 2 is 2.14 bits per heavy atom. The summed E-state index contributed by atoms with van der Waals surface area (Å²) < 4.78 is 3.13. The third kappa shape index (κ3) is 1.55. The highest BCUT2D eigenvalue weighted by atomic mass is 79.9. The van der Waals surface area contributed by atoms with Crippen molar-refractivity contribution in [1.29, 1.82) is 0 Å². The zero-order chi connectivity index (χ0) is 9.42. The molecular weight excluding hydrogens is 246 g/mol. The summed E-state index contributed by atoms with van der Waals surface area (Å²) in [5, 5.41) is 4.22. The van der Waals surface area contributed by atoms with Crippen molar-refractivity contribution < 1.29 is 21.5 Å². The van der Waals surface area contributed by atoms with Crippen molar-refractivity contribution in [2.24, 2.45) is 7.05 Å². The number of aromatic nitrogens is 3. The fourth-order valence-corrected chi connectivity index (χ4v) is 1.23. The number of fused-ring (bicyclic) bond motifs is 1. The van der Waals surface area contributed by atoms with E-state index in [9.17, 15) is 4.79 Å². The second-order valence-corrected chi connectivity index (χ2v) is 2.94. The smallest absolute Gasteiger partial charge is 0.326 e. The summed E-state index contributed by atoms with van der Waals surface area (Å²) in [6.45, 7) is 1.81. The van der Waals surface area contributed by atoms with Crippen LogP contribution in [0.2, 0.25) is 0 Å². The van der Waals surface area contributed by atoms with E-state index in [2.05, 4.69) is 5.10 Å². The van der Waals surface area contributed by atoms with Crippen molar-refractivity contribution in [3.05, 3.63) is 40.6 Å². The molecule has 4 nitrogen and oxygen atoms in total. The van der Waals surface area contributed by atoms with Crippen LogP contribution in [-0.4, -0.2) is 9.67 Å². The van der Waals surface area contributed by atoms with Gasteiger partial charge >= 0.3 is 11.1 Å². The number of halogens is 1. The fraction of sp³-hybridized carbons (Fsp3) is 0.222. The van der Waals surface area contributed by atoms with Gasteiger partial charge in [0.1, 0.15) is 0 Å². The molecule has 0 aliphatic rings. The quantitative estimate of drug-likeness (QED) is 0.466. The maximum atomic E-state index is 11.7. The van der Waals surface area contributed by atoms with Crippen molar-refractivity contribution in [2.75, 3.05) is 0 Å². The van der Waals surface area contributed by atoms with Crippen LogP contribution in [0.3, 0.4) is 0 Å². The standard InChI is InChI=1S/C9H10N3O.BrH/c1-7-10-12-6-4-3-5-8(12)9(13)11(7)2;/h3-6H,1-2H3;1H/q+1;/p-1. The van der Waals surface area contributed by atoms with Crippen LogP contribution in [0.15, 0.2) is 29.2 Å². The van der Waals surface area contributed by atoms with E-state index >= 15 is 0 Å². The molecule has 0 amide bonds.